The van der Waals surface area contributed by atoms with Crippen LogP contribution in [0.2, 0.25) is 0 Å². The number of carbonyl (C=O) groups is 3. The molecule has 3 fully saturated rings. The van der Waals surface area contributed by atoms with Gasteiger partial charge in [0.05, 0.1) is 6.10 Å². The summed E-state index contributed by atoms with van der Waals surface area (Å²) in [5.74, 6) is -0.417. The van der Waals surface area contributed by atoms with E-state index < -0.39 is 40.8 Å². The van der Waals surface area contributed by atoms with Crippen molar-refractivity contribution in [2.24, 2.45) is 52.3 Å². The van der Waals surface area contributed by atoms with E-state index in [1.165, 1.54) is 39.0 Å². The second-order valence-corrected chi connectivity index (χ2v) is 14.7. The van der Waals surface area contributed by atoms with Crippen LogP contribution in [0, 0.1) is 52.3 Å². The number of rotatable bonds is 8. The summed E-state index contributed by atoms with van der Waals surface area (Å²) in [6.07, 6.45) is 11.9. The molecular formula is C33H52O7. The van der Waals surface area contributed by atoms with Gasteiger partial charge >= 0.3 is 11.9 Å². The average Bonchev–Trinajstić information content (AvgIpc) is 3.23. The van der Waals surface area contributed by atoms with E-state index in [9.17, 15) is 24.6 Å². The van der Waals surface area contributed by atoms with Crippen molar-refractivity contribution < 1.29 is 34.4 Å². The summed E-state index contributed by atoms with van der Waals surface area (Å²) in [5.41, 5.74) is -1.10. The molecule has 0 saturated heterocycles. The summed E-state index contributed by atoms with van der Waals surface area (Å²) < 4.78 is 0. The fourth-order valence-electron chi connectivity index (χ4n) is 9.94. The Kier molecular flexibility index (Phi) is 8.98. The fraction of sp³-hybridized carbons (Fsp3) is 0.848. The zero-order valence-corrected chi connectivity index (χ0v) is 25.7. The molecule has 0 aliphatic heterocycles. The van der Waals surface area contributed by atoms with Crippen LogP contribution in [0.5, 0.6) is 0 Å². The predicted octanol–water partition coefficient (Wildman–Crippen LogP) is 5.96. The van der Waals surface area contributed by atoms with Crippen LogP contribution in [0.25, 0.3) is 0 Å². The number of hydrogen-bond donors (Lipinski definition) is 2. The van der Waals surface area contributed by atoms with Crippen molar-refractivity contribution in [3.05, 3.63) is 11.6 Å². The van der Waals surface area contributed by atoms with E-state index in [4.69, 9.17) is 4.89 Å². The molecule has 226 valence electrons. The van der Waals surface area contributed by atoms with Crippen molar-refractivity contribution in [1.82, 2.24) is 0 Å². The Morgan fingerprint density at radius 2 is 1.77 bits per heavy atom. The van der Waals surface area contributed by atoms with E-state index >= 15 is 0 Å². The second kappa shape index (κ2) is 11.5. The van der Waals surface area contributed by atoms with Gasteiger partial charge in [-0.25, -0.2) is 19.4 Å². The van der Waals surface area contributed by atoms with Crippen LogP contribution in [0.1, 0.15) is 113 Å². The molecular weight excluding hydrogens is 508 g/mol. The van der Waals surface area contributed by atoms with Crippen LogP contribution in [0.15, 0.2) is 11.6 Å². The third-order valence-electron chi connectivity index (χ3n) is 12.0. The monoisotopic (exact) mass is 560 g/mol. The summed E-state index contributed by atoms with van der Waals surface area (Å²) in [6, 6.07) is 0. The van der Waals surface area contributed by atoms with Gasteiger partial charge in [-0.15, -0.1) is 0 Å². The molecule has 7 nitrogen and oxygen atoms in total. The van der Waals surface area contributed by atoms with Crippen LogP contribution >= 0.6 is 0 Å². The van der Waals surface area contributed by atoms with Crippen molar-refractivity contribution in [1.29, 1.82) is 0 Å². The Labute approximate surface area is 240 Å². The molecule has 0 amide bonds. The van der Waals surface area contributed by atoms with Crippen molar-refractivity contribution in [2.45, 2.75) is 124 Å². The lowest BCUT2D eigenvalue weighted by Gasteiger charge is -2.62. The van der Waals surface area contributed by atoms with Gasteiger partial charge in [0.1, 0.15) is 0 Å². The van der Waals surface area contributed by atoms with E-state index in [1.54, 1.807) is 0 Å². The molecule has 7 heteroatoms. The molecule has 0 spiro atoms. The van der Waals surface area contributed by atoms with Gasteiger partial charge in [0.15, 0.2) is 5.60 Å². The molecule has 4 aliphatic rings. The van der Waals surface area contributed by atoms with E-state index in [1.807, 2.05) is 0 Å². The molecule has 0 aromatic heterocycles. The largest absolute Gasteiger partial charge is 0.421 e. The minimum atomic E-state index is -2.02. The van der Waals surface area contributed by atoms with Gasteiger partial charge < -0.3 is 10.2 Å². The lowest BCUT2D eigenvalue weighted by atomic mass is 9.43. The lowest BCUT2D eigenvalue weighted by molar-refractivity contribution is -0.274. The first kappa shape index (κ1) is 31.2. The maximum atomic E-state index is 13.1. The smallest absolute Gasteiger partial charge is 0.393 e. The van der Waals surface area contributed by atoms with Crippen molar-refractivity contribution in [3.63, 3.8) is 0 Å². The van der Waals surface area contributed by atoms with Gasteiger partial charge in [-0.1, -0.05) is 65.5 Å². The predicted molar refractivity (Wildman–Crippen MR) is 151 cm³/mol. The summed E-state index contributed by atoms with van der Waals surface area (Å²) in [5, 5.41) is 22.5. The highest BCUT2D eigenvalue weighted by Crippen LogP contribution is 2.69. The van der Waals surface area contributed by atoms with Crippen LogP contribution in [0.4, 0.5) is 0 Å². The summed E-state index contributed by atoms with van der Waals surface area (Å²) >= 11 is 0. The maximum Gasteiger partial charge on any atom is 0.421 e. The third-order valence-corrected chi connectivity index (χ3v) is 12.0. The van der Waals surface area contributed by atoms with E-state index in [0.717, 1.165) is 43.6 Å². The first-order valence-electron chi connectivity index (χ1n) is 15.7. The number of aliphatic hydroxyl groups excluding tert-OH is 1. The number of aliphatic hydroxyl groups is 2. The van der Waals surface area contributed by atoms with Crippen molar-refractivity contribution in [3.8, 4) is 0 Å². The van der Waals surface area contributed by atoms with E-state index in [2.05, 4.69) is 45.6 Å². The molecule has 4 rings (SSSR count). The zero-order chi connectivity index (χ0) is 29.6. The number of Topliss-reactive ketones (excluding diaryl/α,β-unsaturated/α-hetero) is 1. The first-order valence-corrected chi connectivity index (χ1v) is 15.7. The van der Waals surface area contributed by atoms with Crippen molar-refractivity contribution in [2.75, 3.05) is 0 Å². The van der Waals surface area contributed by atoms with Crippen LogP contribution in [0.3, 0.4) is 0 Å². The highest BCUT2D eigenvalue weighted by atomic mass is 17.2. The number of ketones is 1. The highest BCUT2D eigenvalue weighted by Gasteiger charge is 2.64. The topological polar surface area (TPSA) is 110 Å². The first-order chi connectivity index (χ1) is 18.6. The van der Waals surface area contributed by atoms with Gasteiger partial charge in [0.2, 0.25) is 5.78 Å². The van der Waals surface area contributed by atoms with Gasteiger partial charge in [-0.3, -0.25) is 4.79 Å². The van der Waals surface area contributed by atoms with Crippen LogP contribution in [-0.2, 0) is 24.2 Å². The van der Waals surface area contributed by atoms with Gasteiger partial charge in [0, 0.05) is 12.8 Å². The zero-order valence-electron chi connectivity index (χ0n) is 25.7. The number of hydrogen-bond acceptors (Lipinski definition) is 7. The quantitative estimate of drug-likeness (QED) is 0.163. The summed E-state index contributed by atoms with van der Waals surface area (Å²) in [7, 11) is 0. The van der Waals surface area contributed by atoms with Crippen LogP contribution < -0.4 is 0 Å². The number of allylic oxidation sites excluding steroid dienone is 1. The fourth-order valence-corrected chi connectivity index (χ4v) is 9.94. The molecule has 4 aliphatic carbocycles. The number of fused-ring (bicyclic) bond motifs is 5. The average molecular weight is 561 g/mol. The standard InChI is InChI=1S/C33H52O7/c1-19(2)9-8-10-20(3)25-13-14-26-24-12-11-22-17-23(35)18-28(32(22,6)27(24)15-16-31(25,26)5)33(7,38)30(37)40-39-29(36)21(4)34/h11,19-20,23-28,35,38H,8-10,12-18H2,1-7H3/t20-,23-,24+,25-,26+,27+,28?,31-,32-,33?/m1/s1. The Bertz CT molecular complexity index is 1010. The molecule has 2 unspecified atom stereocenters. The molecule has 0 bridgehead atoms. The Morgan fingerprint density at radius 3 is 2.42 bits per heavy atom. The molecule has 10 atom stereocenters. The maximum absolute atomic E-state index is 13.1. The molecule has 0 heterocycles. The lowest BCUT2D eigenvalue weighted by Crippen LogP contribution is -2.60. The molecule has 0 aromatic carbocycles. The Hall–Kier alpha value is -1.73. The van der Waals surface area contributed by atoms with Gasteiger partial charge in [0.25, 0.3) is 0 Å². The molecule has 0 aromatic rings. The molecule has 0 radical (unpaired) electrons. The second-order valence-electron chi connectivity index (χ2n) is 14.7. The van der Waals surface area contributed by atoms with Gasteiger partial charge in [-0.2, -0.15) is 0 Å². The number of carbonyl (C=O) groups excluding carboxylic acids is 3. The van der Waals surface area contributed by atoms with E-state index in [-0.39, 0.29) is 12.3 Å². The SMILES string of the molecule is CC(=O)C(=O)OOC(=O)C(C)(O)C1C[C@H](O)CC2=CC[C@H]3[C@@H]4CC[C@H]([C@H](C)CCCC(C)C)[C@@]4(C)CC[C@@H]3[C@@]21C. The molecule has 3 saturated carbocycles. The van der Waals surface area contributed by atoms with Gasteiger partial charge in [-0.05, 0) is 98.2 Å². The molecule has 40 heavy (non-hydrogen) atoms. The minimum Gasteiger partial charge on any atom is -0.393 e. The summed E-state index contributed by atoms with van der Waals surface area (Å²) in [4.78, 5) is 45.0. The minimum absolute atomic E-state index is 0.247. The van der Waals surface area contributed by atoms with Crippen LogP contribution in [-0.4, -0.2) is 39.6 Å². The molecule has 2 N–H and O–H groups in total. The Morgan fingerprint density at radius 1 is 1.07 bits per heavy atom. The summed E-state index contributed by atoms with van der Waals surface area (Å²) in [6.45, 7) is 14.2. The van der Waals surface area contributed by atoms with E-state index in [0.29, 0.717) is 29.6 Å². The van der Waals surface area contributed by atoms with Crippen molar-refractivity contribution >= 4 is 17.7 Å². The Balaban J connectivity index is 1.58. The normalized spacial score (nSPS) is 39.2. The highest BCUT2D eigenvalue weighted by molar-refractivity contribution is 6.32. The third kappa shape index (κ3) is 5.42.